The molecule has 0 bridgehead atoms. The van der Waals surface area contributed by atoms with E-state index in [1.807, 2.05) is 18.4 Å². The van der Waals surface area contributed by atoms with Crippen LogP contribution in [0.15, 0.2) is 0 Å². The molecular weight excluding hydrogens is 220 g/mol. The van der Waals surface area contributed by atoms with E-state index in [0.717, 1.165) is 19.6 Å². The third kappa shape index (κ3) is 2.01. The Hall–Kier alpha value is -0.450. The topological polar surface area (TPSA) is 25.4 Å². The molecule has 16 heavy (non-hydrogen) atoms. The first-order valence-electron chi connectivity index (χ1n) is 6.08. The number of thiazole rings is 1. The van der Waals surface area contributed by atoms with Gasteiger partial charge in [-0.05, 0) is 25.7 Å². The van der Waals surface area contributed by atoms with Crippen molar-refractivity contribution < 1.29 is 4.74 Å². The summed E-state index contributed by atoms with van der Waals surface area (Å²) in [7, 11) is 1.81. The van der Waals surface area contributed by atoms with E-state index in [9.17, 15) is 0 Å². The lowest BCUT2D eigenvalue weighted by molar-refractivity contribution is 0.107. The maximum absolute atomic E-state index is 5.38. The lowest BCUT2D eigenvalue weighted by atomic mass is 10.3. The van der Waals surface area contributed by atoms with Crippen molar-refractivity contribution in [2.45, 2.75) is 38.3 Å². The van der Waals surface area contributed by atoms with Crippen LogP contribution in [0.3, 0.4) is 0 Å². The number of aryl methyl sites for hydroxylation is 2. The van der Waals surface area contributed by atoms with Crippen molar-refractivity contribution in [3.63, 3.8) is 0 Å². The highest BCUT2D eigenvalue weighted by Gasteiger charge is 2.24. The SMILES string of the molecule is COC1CCN(Cc2nc3c(s2)CCC3)C1. The normalized spacial score (nSPS) is 25.2. The van der Waals surface area contributed by atoms with Crippen LogP contribution in [0, 0.1) is 0 Å². The standard InChI is InChI=1S/C12H18N2OS/c1-15-9-5-6-14(7-9)8-12-13-10-3-2-4-11(10)16-12/h9H,2-8H2,1H3. The molecule has 0 amide bonds. The predicted molar refractivity (Wildman–Crippen MR) is 64.8 cm³/mol. The van der Waals surface area contributed by atoms with Crippen LogP contribution < -0.4 is 0 Å². The predicted octanol–water partition coefficient (Wildman–Crippen LogP) is 1.85. The zero-order valence-corrected chi connectivity index (χ0v) is 10.6. The van der Waals surface area contributed by atoms with Gasteiger partial charge in [-0.1, -0.05) is 0 Å². The van der Waals surface area contributed by atoms with Crippen LogP contribution in [0.2, 0.25) is 0 Å². The number of hydrogen-bond acceptors (Lipinski definition) is 4. The van der Waals surface area contributed by atoms with Gasteiger partial charge in [0, 0.05) is 25.1 Å². The smallest absolute Gasteiger partial charge is 0.107 e. The number of aromatic nitrogens is 1. The first kappa shape index (κ1) is 10.7. The molecule has 1 aromatic rings. The Balaban J connectivity index is 1.62. The van der Waals surface area contributed by atoms with E-state index in [1.165, 1.54) is 41.3 Å². The summed E-state index contributed by atoms with van der Waals surface area (Å²) in [4.78, 5) is 8.74. The summed E-state index contributed by atoms with van der Waals surface area (Å²) in [5.74, 6) is 0. The van der Waals surface area contributed by atoms with E-state index in [1.54, 1.807) is 0 Å². The molecule has 1 aromatic heterocycles. The third-order valence-electron chi connectivity index (χ3n) is 3.56. The molecule has 0 radical (unpaired) electrons. The number of likely N-dealkylation sites (tertiary alicyclic amines) is 1. The Labute approximate surface area is 100 Å². The molecule has 1 aliphatic heterocycles. The van der Waals surface area contributed by atoms with E-state index < -0.39 is 0 Å². The minimum atomic E-state index is 0.437. The minimum absolute atomic E-state index is 0.437. The lowest BCUT2D eigenvalue weighted by Gasteiger charge is -2.13. The second-order valence-corrected chi connectivity index (χ2v) is 5.88. The van der Waals surface area contributed by atoms with Crippen molar-refractivity contribution in [2.75, 3.05) is 20.2 Å². The summed E-state index contributed by atoms with van der Waals surface area (Å²) in [5.41, 5.74) is 1.38. The molecule has 3 nitrogen and oxygen atoms in total. The Bertz CT molecular complexity index is 356. The van der Waals surface area contributed by atoms with Gasteiger partial charge in [-0.25, -0.2) is 4.98 Å². The monoisotopic (exact) mass is 238 g/mol. The number of fused-ring (bicyclic) bond motifs is 1. The third-order valence-corrected chi connectivity index (χ3v) is 4.70. The van der Waals surface area contributed by atoms with E-state index in [2.05, 4.69) is 4.90 Å². The number of nitrogens with zero attached hydrogens (tertiary/aromatic N) is 2. The summed E-state index contributed by atoms with van der Waals surface area (Å²) in [6.07, 6.45) is 5.37. The molecule has 1 unspecified atom stereocenters. The van der Waals surface area contributed by atoms with Crippen molar-refractivity contribution in [3.05, 3.63) is 15.6 Å². The van der Waals surface area contributed by atoms with Crippen molar-refractivity contribution in [1.29, 1.82) is 0 Å². The van der Waals surface area contributed by atoms with Gasteiger partial charge in [-0.2, -0.15) is 0 Å². The molecule has 1 fully saturated rings. The fraction of sp³-hybridized carbons (Fsp3) is 0.750. The maximum atomic E-state index is 5.38. The van der Waals surface area contributed by atoms with E-state index in [-0.39, 0.29) is 0 Å². The summed E-state index contributed by atoms with van der Waals surface area (Å²) >= 11 is 1.92. The molecular formula is C12H18N2OS. The Morgan fingerprint density at radius 2 is 2.44 bits per heavy atom. The lowest BCUT2D eigenvalue weighted by Crippen LogP contribution is -2.22. The second kappa shape index (κ2) is 4.43. The summed E-state index contributed by atoms with van der Waals surface area (Å²) in [5, 5.41) is 1.31. The molecule has 2 aliphatic rings. The fourth-order valence-corrected chi connectivity index (χ4v) is 3.84. The summed E-state index contributed by atoms with van der Waals surface area (Å²) < 4.78 is 5.38. The maximum Gasteiger partial charge on any atom is 0.107 e. The first-order valence-corrected chi connectivity index (χ1v) is 6.89. The first-order chi connectivity index (χ1) is 7.85. The van der Waals surface area contributed by atoms with Crippen LogP contribution in [-0.2, 0) is 24.1 Å². The number of hydrogen-bond donors (Lipinski definition) is 0. The average molecular weight is 238 g/mol. The highest BCUT2D eigenvalue weighted by molar-refractivity contribution is 7.11. The molecule has 1 saturated heterocycles. The van der Waals surface area contributed by atoms with Gasteiger partial charge in [0.15, 0.2) is 0 Å². The van der Waals surface area contributed by atoms with Crippen LogP contribution in [0.25, 0.3) is 0 Å². The molecule has 4 heteroatoms. The van der Waals surface area contributed by atoms with Gasteiger partial charge < -0.3 is 4.74 Å². The summed E-state index contributed by atoms with van der Waals surface area (Å²) in [6.45, 7) is 3.25. The van der Waals surface area contributed by atoms with Gasteiger partial charge in [0.1, 0.15) is 5.01 Å². The highest BCUT2D eigenvalue weighted by Crippen LogP contribution is 2.28. The summed E-state index contributed by atoms with van der Waals surface area (Å²) in [6, 6.07) is 0. The van der Waals surface area contributed by atoms with Crippen molar-refractivity contribution in [1.82, 2.24) is 9.88 Å². The second-order valence-electron chi connectivity index (χ2n) is 4.71. The number of methoxy groups -OCH3 is 1. The molecule has 1 aliphatic carbocycles. The van der Waals surface area contributed by atoms with Crippen molar-refractivity contribution >= 4 is 11.3 Å². The molecule has 3 rings (SSSR count). The van der Waals surface area contributed by atoms with Gasteiger partial charge in [0.2, 0.25) is 0 Å². The van der Waals surface area contributed by atoms with Crippen LogP contribution in [0.1, 0.15) is 28.4 Å². The Kier molecular flexibility index (Phi) is 2.96. The van der Waals surface area contributed by atoms with Gasteiger partial charge in [0.25, 0.3) is 0 Å². The number of ether oxygens (including phenoxy) is 1. The van der Waals surface area contributed by atoms with Crippen LogP contribution in [-0.4, -0.2) is 36.2 Å². The quantitative estimate of drug-likeness (QED) is 0.803. The van der Waals surface area contributed by atoms with Crippen molar-refractivity contribution in [2.24, 2.45) is 0 Å². The van der Waals surface area contributed by atoms with Gasteiger partial charge in [-0.15, -0.1) is 11.3 Å². The Morgan fingerprint density at radius 1 is 1.50 bits per heavy atom. The molecule has 1 atom stereocenters. The average Bonchev–Trinajstić information content (AvgIpc) is 2.92. The van der Waals surface area contributed by atoms with Gasteiger partial charge >= 0.3 is 0 Å². The zero-order chi connectivity index (χ0) is 11.0. The van der Waals surface area contributed by atoms with Crippen LogP contribution in [0.5, 0.6) is 0 Å². The van der Waals surface area contributed by atoms with E-state index >= 15 is 0 Å². The van der Waals surface area contributed by atoms with E-state index in [0.29, 0.717) is 6.10 Å². The molecule has 0 saturated carbocycles. The van der Waals surface area contributed by atoms with Crippen molar-refractivity contribution in [3.8, 4) is 0 Å². The van der Waals surface area contributed by atoms with Crippen LogP contribution in [0.4, 0.5) is 0 Å². The molecule has 88 valence electrons. The number of rotatable bonds is 3. The molecule has 0 N–H and O–H groups in total. The van der Waals surface area contributed by atoms with Crippen LogP contribution >= 0.6 is 11.3 Å². The van der Waals surface area contributed by atoms with E-state index in [4.69, 9.17) is 9.72 Å². The fourth-order valence-electron chi connectivity index (χ4n) is 2.64. The molecule has 0 aromatic carbocycles. The Morgan fingerprint density at radius 3 is 3.19 bits per heavy atom. The minimum Gasteiger partial charge on any atom is -0.380 e. The zero-order valence-electron chi connectivity index (χ0n) is 9.74. The highest BCUT2D eigenvalue weighted by atomic mass is 32.1. The van der Waals surface area contributed by atoms with Gasteiger partial charge in [-0.3, -0.25) is 4.90 Å². The van der Waals surface area contributed by atoms with Gasteiger partial charge in [0.05, 0.1) is 18.3 Å². The molecule has 0 spiro atoms. The molecule has 2 heterocycles. The largest absolute Gasteiger partial charge is 0.380 e.